The Kier molecular flexibility index (Phi) is 16.8. The molecule has 0 aliphatic carbocycles. The van der Waals surface area contributed by atoms with Crippen molar-refractivity contribution < 1.29 is 0 Å². The summed E-state index contributed by atoms with van der Waals surface area (Å²) < 4.78 is 0. The fourth-order valence-corrected chi connectivity index (χ4v) is 25.2. The van der Waals surface area contributed by atoms with E-state index in [-0.39, 0.29) is 0 Å². The lowest BCUT2D eigenvalue weighted by atomic mass is 9.83. The predicted molar refractivity (Wildman–Crippen MR) is 279 cm³/mol. The van der Waals surface area contributed by atoms with Crippen LogP contribution in [-0.4, -0.2) is 32.3 Å². The maximum Gasteiger partial charge on any atom is 0.0530 e. The van der Waals surface area contributed by atoms with Crippen molar-refractivity contribution >= 4 is 75.4 Å². The second kappa shape index (κ2) is 20.7. The topological polar surface area (TPSA) is 0 Å². The molecule has 0 amide bonds. The summed E-state index contributed by atoms with van der Waals surface area (Å²) in [6.45, 7) is 30.5. The van der Waals surface area contributed by atoms with Gasteiger partial charge in [-0.2, -0.15) is 0 Å². The Morgan fingerprint density at radius 1 is 0.276 bits per heavy atom. The van der Waals surface area contributed by atoms with Gasteiger partial charge in [0.25, 0.3) is 0 Å². The van der Waals surface area contributed by atoms with Gasteiger partial charge in [-0.3, -0.25) is 0 Å². The fourth-order valence-electron chi connectivity index (χ4n) is 11.8. The molecule has 0 atom stereocenters. The molecule has 0 spiro atoms. The van der Waals surface area contributed by atoms with Crippen LogP contribution >= 0.6 is 0 Å². The van der Waals surface area contributed by atoms with E-state index in [4.69, 9.17) is 0 Å². The molecule has 0 nitrogen and oxygen atoms in total. The van der Waals surface area contributed by atoms with E-state index < -0.39 is 32.3 Å². The number of fused-ring (bicyclic) bond motifs is 4. The number of hydrogen-bond donors (Lipinski definition) is 0. The van der Waals surface area contributed by atoms with Gasteiger partial charge in [-0.15, -0.1) is 0 Å². The molecule has 0 heterocycles. The molecule has 0 aliphatic rings. The van der Waals surface area contributed by atoms with Crippen LogP contribution in [0.3, 0.4) is 0 Å². The Balaban J connectivity index is 1.91. The second-order valence-corrected chi connectivity index (χ2v) is 41.8. The highest BCUT2D eigenvalue weighted by Crippen LogP contribution is 2.43. The van der Waals surface area contributed by atoms with E-state index in [1.54, 1.807) is 21.9 Å². The lowest BCUT2D eigenvalue weighted by molar-refractivity contribution is 0.907. The Bertz CT molecular complexity index is 1910. The molecule has 0 radical (unpaired) electrons. The molecule has 0 unspecified atom stereocenters. The van der Waals surface area contributed by atoms with Crippen LogP contribution in [-0.2, 0) is 25.7 Å². The quantitative estimate of drug-likeness (QED) is 0.0429. The zero-order valence-electron chi connectivity index (χ0n) is 39.9. The lowest BCUT2D eigenvalue weighted by Crippen LogP contribution is -2.34. The summed E-state index contributed by atoms with van der Waals surface area (Å²) in [5.41, 5.74) is 7.34. The maximum absolute atomic E-state index is 2.73. The summed E-state index contributed by atoms with van der Waals surface area (Å²) in [5.74, 6) is 0. The average molecular weight is 848 g/mol. The van der Waals surface area contributed by atoms with Crippen molar-refractivity contribution in [2.45, 2.75) is 205 Å². The minimum atomic E-state index is -1.34. The monoisotopic (exact) mass is 847 g/mol. The normalized spacial score (nSPS) is 13.2. The molecule has 5 rings (SSSR count). The molecule has 0 aliphatic heterocycles. The molecule has 0 fully saturated rings. The summed E-state index contributed by atoms with van der Waals surface area (Å²) >= 11 is 0. The van der Waals surface area contributed by atoms with E-state index in [2.05, 4.69) is 144 Å². The van der Waals surface area contributed by atoms with E-state index >= 15 is 0 Å². The molecular formula is C54H86Si4. The molecule has 0 bridgehead atoms. The third-order valence-electron chi connectivity index (χ3n) is 18.2. The molecule has 5 aromatic carbocycles. The highest BCUT2D eigenvalue weighted by atomic mass is 28.3. The molecule has 58 heavy (non-hydrogen) atoms. The molecule has 0 N–H and O–H groups in total. The van der Waals surface area contributed by atoms with Gasteiger partial charge in [0.15, 0.2) is 0 Å². The van der Waals surface area contributed by atoms with Crippen LogP contribution in [0.15, 0.2) is 60.7 Å². The lowest BCUT2D eigenvalue weighted by Gasteiger charge is -2.34. The molecule has 0 saturated heterocycles. The van der Waals surface area contributed by atoms with Crippen molar-refractivity contribution in [3.05, 3.63) is 82.9 Å². The molecule has 318 valence electrons. The standard InChI is InChI=1S/C54H86Si4/c1-13-55(14-2,15-3)33-29-49-50(30-34-56(16-4,17-5)18-6)52(32-36-58(22-10,23-11)24-12)54-42-48-40-46-38-44-28-26-25-27-43(44)37-45(46)39-47(48)41-53(54)51(49)31-35-57(19-7,20-8)21-9/h25-28,37-42H,13-24,29-36H2,1-12H3. The first-order valence-corrected chi connectivity index (χ1v) is 36.2. The van der Waals surface area contributed by atoms with E-state index in [0.717, 1.165) is 0 Å². The van der Waals surface area contributed by atoms with Gasteiger partial charge in [-0.1, -0.05) is 204 Å². The maximum atomic E-state index is 2.73. The van der Waals surface area contributed by atoms with Crippen LogP contribution in [0.1, 0.15) is 105 Å². The Morgan fingerprint density at radius 2 is 0.500 bits per heavy atom. The van der Waals surface area contributed by atoms with Gasteiger partial charge in [0.1, 0.15) is 0 Å². The summed E-state index contributed by atoms with van der Waals surface area (Å²) in [5, 5.41) is 11.6. The Labute approximate surface area is 361 Å². The van der Waals surface area contributed by atoms with Crippen LogP contribution in [0.2, 0.25) is 96.7 Å². The van der Waals surface area contributed by atoms with Gasteiger partial charge in [0, 0.05) is 0 Å². The van der Waals surface area contributed by atoms with Gasteiger partial charge in [0.2, 0.25) is 0 Å². The van der Waals surface area contributed by atoms with Gasteiger partial charge >= 0.3 is 0 Å². The van der Waals surface area contributed by atoms with Gasteiger partial charge in [-0.05, 0) is 127 Å². The third-order valence-corrected chi connectivity index (χ3v) is 41.4. The van der Waals surface area contributed by atoms with Crippen molar-refractivity contribution in [3.8, 4) is 0 Å². The largest absolute Gasteiger partial charge is 0.0678 e. The predicted octanol–water partition coefficient (Wildman–Crippen LogP) is 18.5. The van der Waals surface area contributed by atoms with Crippen molar-refractivity contribution in [2.75, 3.05) is 0 Å². The van der Waals surface area contributed by atoms with E-state index in [9.17, 15) is 0 Å². The van der Waals surface area contributed by atoms with Gasteiger partial charge in [0.05, 0.1) is 32.3 Å². The number of rotatable bonds is 24. The van der Waals surface area contributed by atoms with Crippen molar-refractivity contribution in [2.24, 2.45) is 0 Å². The summed E-state index contributed by atoms with van der Waals surface area (Å²) in [6.07, 6.45) is 5.23. The van der Waals surface area contributed by atoms with Crippen molar-refractivity contribution in [3.63, 3.8) is 0 Å². The smallest absolute Gasteiger partial charge is 0.0530 e. The van der Waals surface area contributed by atoms with Gasteiger partial charge < -0.3 is 0 Å². The van der Waals surface area contributed by atoms with Crippen molar-refractivity contribution in [1.29, 1.82) is 0 Å². The minimum Gasteiger partial charge on any atom is -0.0678 e. The SMILES string of the molecule is CC[Si](CC)(CC)CCc1c(CC[Si](CC)(CC)CC)c(CC[Si](CC)(CC)CC)c2cc3cc4cc5ccccc5cc4cc3cc2c1CC[Si](CC)(CC)CC. The molecule has 0 aromatic heterocycles. The van der Waals surface area contributed by atoms with Crippen LogP contribution in [0.4, 0.5) is 0 Å². The van der Waals surface area contributed by atoms with Crippen molar-refractivity contribution in [1.82, 2.24) is 0 Å². The number of benzene rings is 5. The number of hydrogen-bond acceptors (Lipinski definition) is 0. The highest BCUT2D eigenvalue weighted by molar-refractivity contribution is 6.81. The first-order valence-electron chi connectivity index (χ1n) is 24.8. The average Bonchev–Trinajstić information content (AvgIpc) is 3.27. The molecule has 0 saturated carbocycles. The number of aryl methyl sites for hydroxylation is 2. The minimum absolute atomic E-state index is 1.29. The molecular weight excluding hydrogens is 761 g/mol. The fraction of sp³-hybridized carbons (Fsp3) is 0.593. The van der Waals surface area contributed by atoms with E-state index in [1.807, 2.05) is 11.1 Å². The summed E-state index contributed by atoms with van der Waals surface area (Å²) in [7, 11) is -5.33. The van der Waals surface area contributed by atoms with Crippen LogP contribution < -0.4 is 0 Å². The first-order chi connectivity index (χ1) is 28.0. The molecule has 5 aromatic rings. The first kappa shape index (κ1) is 47.1. The zero-order valence-corrected chi connectivity index (χ0v) is 43.9. The highest BCUT2D eigenvalue weighted by Gasteiger charge is 2.34. The second-order valence-electron chi connectivity index (χ2n) is 19.3. The van der Waals surface area contributed by atoms with Crippen LogP contribution in [0.25, 0.3) is 43.1 Å². The Morgan fingerprint density at radius 3 is 0.759 bits per heavy atom. The zero-order chi connectivity index (χ0) is 42.1. The molecule has 4 heteroatoms. The summed E-state index contributed by atoms with van der Waals surface area (Å²) in [6, 6.07) is 47.4. The van der Waals surface area contributed by atoms with E-state index in [0.29, 0.717) is 0 Å². The van der Waals surface area contributed by atoms with Crippen LogP contribution in [0.5, 0.6) is 0 Å². The third kappa shape index (κ3) is 9.71. The summed E-state index contributed by atoms with van der Waals surface area (Å²) in [4.78, 5) is 0. The van der Waals surface area contributed by atoms with Gasteiger partial charge in [-0.25, -0.2) is 0 Å². The van der Waals surface area contributed by atoms with Crippen LogP contribution in [0, 0.1) is 0 Å². The van der Waals surface area contributed by atoms with E-state index in [1.165, 1.54) is 155 Å². The Hall–Kier alpha value is -1.99.